The smallest absolute Gasteiger partial charge is 0.193 e. The lowest BCUT2D eigenvalue weighted by atomic mass is 10.4. The van der Waals surface area contributed by atoms with E-state index < -0.39 is 0 Å². The lowest BCUT2D eigenvalue weighted by molar-refractivity contribution is -0.0545. The summed E-state index contributed by atoms with van der Waals surface area (Å²) >= 11 is 1.74. The maximum atomic E-state index is 5.55. The second kappa shape index (κ2) is 3.17. The Balaban J connectivity index is 2.11. The molecule has 0 amide bonds. The van der Waals surface area contributed by atoms with E-state index in [2.05, 4.69) is 19.1 Å². The van der Waals surface area contributed by atoms with E-state index in [4.69, 9.17) is 9.47 Å². The Morgan fingerprint density at radius 3 is 2.83 bits per heavy atom. The second-order valence-corrected chi connectivity index (χ2v) is 4.38. The van der Waals surface area contributed by atoms with Gasteiger partial charge in [0, 0.05) is 4.88 Å². The van der Waals surface area contributed by atoms with Crippen molar-refractivity contribution in [1.29, 1.82) is 0 Å². The molecule has 0 spiro atoms. The molecule has 2 nitrogen and oxygen atoms in total. The van der Waals surface area contributed by atoms with Crippen LogP contribution in [0.5, 0.6) is 0 Å². The van der Waals surface area contributed by atoms with E-state index >= 15 is 0 Å². The van der Waals surface area contributed by atoms with Crippen molar-refractivity contribution >= 4 is 11.3 Å². The van der Waals surface area contributed by atoms with Crippen LogP contribution in [0.3, 0.4) is 0 Å². The van der Waals surface area contributed by atoms with Gasteiger partial charge in [-0.25, -0.2) is 0 Å². The quantitative estimate of drug-likeness (QED) is 0.667. The Bertz CT molecular complexity index is 269. The highest BCUT2D eigenvalue weighted by molar-refractivity contribution is 7.11. The van der Waals surface area contributed by atoms with Crippen LogP contribution >= 0.6 is 11.3 Å². The van der Waals surface area contributed by atoms with Gasteiger partial charge in [0.05, 0.1) is 17.6 Å². The van der Waals surface area contributed by atoms with Crippen LogP contribution in [-0.4, -0.2) is 12.7 Å². The number of thiophene rings is 1. The second-order valence-electron chi connectivity index (χ2n) is 3.06. The Morgan fingerprint density at radius 2 is 2.33 bits per heavy atom. The zero-order chi connectivity index (χ0) is 8.55. The average Bonchev–Trinajstić information content (AvgIpc) is 2.58. The van der Waals surface area contributed by atoms with Crippen LogP contribution in [0.25, 0.3) is 0 Å². The average molecular weight is 184 g/mol. The highest BCUT2D eigenvalue weighted by Crippen LogP contribution is 2.31. The van der Waals surface area contributed by atoms with Crippen LogP contribution in [0.2, 0.25) is 0 Å². The molecule has 0 aromatic carbocycles. The van der Waals surface area contributed by atoms with Crippen LogP contribution in [0.4, 0.5) is 0 Å². The molecule has 0 radical (unpaired) electrons. The Kier molecular flexibility index (Phi) is 2.17. The van der Waals surface area contributed by atoms with E-state index in [9.17, 15) is 0 Å². The molecule has 2 heterocycles. The van der Waals surface area contributed by atoms with Gasteiger partial charge >= 0.3 is 0 Å². The lowest BCUT2D eigenvalue weighted by Gasteiger charge is -2.05. The highest BCUT2D eigenvalue weighted by Gasteiger charge is 2.24. The molecule has 1 aromatic heterocycles. The van der Waals surface area contributed by atoms with Crippen molar-refractivity contribution in [3.63, 3.8) is 0 Å². The zero-order valence-electron chi connectivity index (χ0n) is 7.24. The van der Waals surface area contributed by atoms with Gasteiger partial charge in [-0.2, -0.15) is 0 Å². The molecule has 0 saturated carbocycles. The standard InChI is InChI=1S/C9H12O2S/c1-6-5-10-9(11-6)8-4-3-7(2)12-8/h3-4,6,9H,5H2,1-2H3. The van der Waals surface area contributed by atoms with Gasteiger partial charge in [0.15, 0.2) is 6.29 Å². The number of hydrogen-bond donors (Lipinski definition) is 0. The summed E-state index contributed by atoms with van der Waals surface area (Å²) in [5, 5.41) is 0. The molecule has 1 fully saturated rings. The summed E-state index contributed by atoms with van der Waals surface area (Å²) in [6.07, 6.45) is 0.121. The molecule has 66 valence electrons. The van der Waals surface area contributed by atoms with Crippen LogP contribution in [-0.2, 0) is 9.47 Å². The molecular formula is C9H12O2S. The largest absolute Gasteiger partial charge is 0.345 e. The third kappa shape index (κ3) is 1.53. The minimum atomic E-state index is -0.112. The summed E-state index contributed by atoms with van der Waals surface area (Å²) in [6, 6.07) is 4.17. The zero-order valence-corrected chi connectivity index (χ0v) is 8.06. The van der Waals surface area contributed by atoms with Crippen molar-refractivity contribution < 1.29 is 9.47 Å². The van der Waals surface area contributed by atoms with Crippen LogP contribution in [0, 0.1) is 6.92 Å². The van der Waals surface area contributed by atoms with E-state index in [1.54, 1.807) is 11.3 Å². The summed E-state index contributed by atoms with van der Waals surface area (Å²) in [6.45, 7) is 4.83. The van der Waals surface area contributed by atoms with Crippen molar-refractivity contribution in [1.82, 2.24) is 0 Å². The van der Waals surface area contributed by atoms with Crippen LogP contribution < -0.4 is 0 Å². The van der Waals surface area contributed by atoms with E-state index in [1.807, 2.05) is 6.92 Å². The van der Waals surface area contributed by atoms with Gasteiger partial charge < -0.3 is 9.47 Å². The summed E-state index contributed by atoms with van der Waals surface area (Å²) in [4.78, 5) is 2.48. The number of hydrogen-bond acceptors (Lipinski definition) is 3. The molecule has 1 aliphatic rings. The summed E-state index contributed by atoms with van der Waals surface area (Å²) < 4.78 is 11.0. The van der Waals surface area contributed by atoms with Crippen LogP contribution in [0.15, 0.2) is 12.1 Å². The molecule has 2 atom stereocenters. The van der Waals surface area contributed by atoms with Gasteiger partial charge in [-0.3, -0.25) is 0 Å². The van der Waals surface area contributed by atoms with Crippen molar-refractivity contribution in [2.24, 2.45) is 0 Å². The number of aryl methyl sites for hydroxylation is 1. The molecule has 2 rings (SSSR count). The molecule has 1 aromatic rings. The fraction of sp³-hybridized carbons (Fsp3) is 0.556. The van der Waals surface area contributed by atoms with Crippen molar-refractivity contribution in [3.05, 3.63) is 21.9 Å². The Morgan fingerprint density at radius 1 is 1.50 bits per heavy atom. The van der Waals surface area contributed by atoms with E-state index in [-0.39, 0.29) is 12.4 Å². The Labute approximate surface area is 76.1 Å². The molecule has 0 N–H and O–H groups in total. The minimum Gasteiger partial charge on any atom is -0.345 e. The first-order valence-electron chi connectivity index (χ1n) is 4.09. The van der Waals surface area contributed by atoms with Gasteiger partial charge in [0.25, 0.3) is 0 Å². The maximum absolute atomic E-state index is 5.55. The molecule has 2 unspecified atom stereocenters. The number of ether oxygens (including phenoxy) is 2. The van der Waals surface area contributed by atoms with E-state index in [0.29, 0.717) is 6.61 Å². The third-order valence-corrected chi connectivity index (χ3v) is 2.85. The fourth-order valence-corrected chi connectivity index (χ4v) is 2.11. The van der Waals surface area contributed by atoms with Crippen molar-refractivity contribution in [3.8, 4) is 0 Å². The molecule has 0 bridgehead atoms. The van der Waals surface area contributed by atoms with E-state index in [0.717, 1.165) is 0 Å². The normalized spacial score (nSPS) is 29.5. The summed E-state index contributed by atoms with van der Waals surface area (Å²) in [7, 11) is 0. The number of rotatable bonds is 1. The first kappa shape index (κ1) is 8.23. The monoisotopic (exact) mass is 184 g/mol. The van der Waals surface area contributed by atoms with Crippen molar-refractivity contribution in [2.45, 2.75) is 26.2 Å². The molecule has 1 saturated heterocycles. The first-order valence-corrected chi connectivity index (χ1v) is 4.91. The van der Waals surface area contributed by atoms with Gasteiger partial charge in [-0.05, 0) is 26.0 Å². The topological polar surface area (TPSA) is 18.5 Å². The first-order chi connectivity index (χ1) is 5.75. The predicted molar refractivity (Wildman–Crippen MR) is 48.3 cm³/mol. The summed E-state index contributed by atoms with van der Waals surface area (Å²) in [5.41, 5.74) is 0. The maximum Gasteiger partial charge on any atom is 0.193 e. The third-order valence-electron chi connectivity index (χ3n) is 1.83. The fourth-order valence-electron chi connectivity index (χ4n) is 1.24. The molecule has 12 heavy (non-hydrogen) atoms. The summed E-state index contributed by atoms with van der Waals surface area (Å²) in [5.74, 6) is 0. The molecular weight excluding hydrogens is 172 g/mol. The van der Waals surface area contributed by atoms with Gasteiger partial charge in [-0.15, -0.1) is 11.3 Å². The van der Waals surface area contributed by atoms with E-state index in [1.165, 1.54) is 9.75 Å². The molecule has 0 aliphatic carbocycles. The van der Waals surface area contributed by atoms with Gasteiger partial charge in [0.2, 0.25) is 0 Å². The van der Waals surface area contributed by atoms with Gasteiger partial charge in [0.1, 0.15) is 0 Å². The lowest BCUT2D eigenvalue weighted by Crippen LogP contribution is -2.01. The molecule has 3 heteroatoms. The minimum absolute atomic E-state index is 0.112. The molecule has 1 aliphatic heterocycles. The van der Waals surface area contributed by atoms with Crippen molar-refractivity contribution in [2.75, 3.05) is 6.61 Å². The van der Waals surface area contributed by atoms with Crippen LogP contribution in [0.1, 0.15) is 23.0 Å². The highest BCUT2D eigenvalue weighted by atomic mass is 32.1. The Hall–Kier alpha value is -0.380. The van der Waals surface area contributed by atoms with Gasteiger partial charge in [-0.1, -0.05) is 0 Å². The SMILES string of the molecule is Cc1ccc(C2OCC(C)O2)s1. The predicted octanol–water partition coefficient (Wildman–Crippen LogP) is 2.49.